The van der Waals surface area contributed by atoms with E-state index in [-0.39, 0.29) is 18.4 Å². The van der Waals surface area contributed by atoms with Crippen molar-refractivity contribution in [2.75, 3.05) is 13.1 Å². The first-order valence-corrected chi connectivity index (χ1v) is 9.57. The van der Waals surface area contributed by atoms with E-state index in [1.54, 1.807) is 21.8 Å². The van der Waals surface area contributed by atoms with Crippen molar-refractivity contribution in [2.24, 2.45) is 5.73 Å². The van der Waals surface area contributed by atoms with E-state index in [0.29, 0.717) is 18.6 Å². The molecule has 3 heterocycles. The number of hydrogen-bond acceptors (Lipinski definition) is 5. The quantitative estimate of drug-likeness (QED) is 0.747. The average molecular weight is 380 g/mol. The van der Waals surface area contributed by atoms with Crippen LogP contribution >= 0.6 is 0 Å². The number of amides is 1. The summed E-state index contributed by atoms with van der Waals surface area (Å²) in [6.45, 7) is 0.626. The number of nitrogens with zero attached hydrogens (tertiary/aromatic N) is 5. The molecule has 3 aromatic rings. The summed E-state index contributed by atoms with van der Waals surface area (Å²) < 4.78 is 15.2. The molecule has 7 nitrogen and oxygen atoms in total. The van der Waals surface area contributed by atoms with Gasteiger partial charge in [-0.2, -0.15) is 5.10 Å². The van der Waals surface area contributed by atoms with Gasteiger partial charge >= 0.3 is 0 Å². The van der Waals surface area contributed by atoms with Crippen LogP contribution in [-0.4, -0.2) is 55.7 Å². The molecule has 1 aromatic carbocycles. The maximum atomic E-state index is 13.5. The summed E-state index contributed by atoms with van der Waals surface area (Å²) in [6, 6.07) is 5.56. The minimum atomic E-state index is -0.928. The topological polar surface area (TPSA) is 89.4 Å². The first-order valence-electron chi connectivity index (χ1n) is 9.57. The highest BCUT2D eigenvalue weighted by atomic mass is 19.1. The second-order valence-corrected chi connectivity index (χ2v) is 7.58. The van der Waals surface area contributed by atoms with E-state index >= 15 is 0 Å². The molecule has 1 saturated heterocycles. The van der Waals surface area contributed by atoms with Gasteiger partial charge in [-0.25, -0.2) is 13.9 Å². The van der Waals surface area contributed by atoms with Crippen LogP contribution in [0.3, 0.4) is 0 Å². The maximum Gasteiger partial charge on any atom is 0.240 e. The standard InChI is InChI=1S/C20H21FN6O/c21-14-5-6-26(10-14)20(28)19(22)16-4-1-12-7-13(2-3-15(12)16)17-8-23-9-18-24-11-25-27(17)18/h2-3,7-9,11,14,16,19H,1,4-6,10,22H2/t14-,16-,19-/m0/s1. The fourth-order valence-electron chi connectivity index (χ4n) is 4.43. The number of hydrogen-bond donors (Lipinski definition) is 1. The molecule has 0 spiro atoms. The van der Waals surface area contributed by atoms with Crippen molar-refractivity contribution in [3.8, 4) is 11.3 Å². The zero-order valence-corrected chi connectivity index (χ0v) is 15.3. The molecule has 2 aliphatic rings. The van der Waals surface area contributed by atoms with Crippen molar-refractivity contribution in [3.63, 3.8) is 0 Å². The van der Waals surface area contributed by atoms with Crippen molar-refractivity contribution in [1.82, 2.24) is 24.5 Å². The van der Waals surface area contributed by atoms with E-state index in [4.69, 9.17) is 5.73 Å². The van der Waals surface area contributed by atoms with Gasteiger partial charge in [0, 0.05) is 18.0 Å². The van der Waals surface area contributed by atoms with Crippen LogP contribution in [0.1, 0.15) is 29.9 Å². The molecule has 1 aliphatic heterocycles. The summed E-state index contributed by atoms with van der Waals surface area (Å²) in [5.74, 6) is -0.172. The van der Waals surface area contributed by atoms with E-state index in [0.717, 1.165) is 29.7 Å². The summed E-state index contributed by atoms with van der Waals surface area (Å²) in [5.41, 5.74) is 11.2. The Morgan fingerprint density at radius 1 is 1.29 bits per heavy atom. The van der Waals surface area contributed by atoms with Crippen LogP contribution in [0.2, 0.25) is 0 Å². The summed E-state index contributed by atoms with van der Waals surface area (Å²) in [4.78, 5) is 22.7. The van der Waals surface area contributed by atoms with Gasteiger partial charge in [0.1, 0.15) is 12.5 Å². The largest absolute Gasteiger partial charge is 0.338 e. The van der Waals surface area contributed by atoms with Crippen LogP contribution in [0.25, 0.3) is 16.9 Å². The van der Waals surface area contributed by atoms with Crippen molar-refractivity contribution in [2.45, 2.75) is 37.4 Å². The molecule has 8 heteroatoms. The molecule has 3 atom stereocenters. The summed E-state index contributed by atoms with van der Waals surface area (Å²) in [5, 5.41) is 4.27. The van der Waals surface area contributed by atoms with Crippen LogP contribution in [-0.2, 0) is 11.2 Å². The number of carbonyl (C=O) groups excluding carboxylic acids is 1. The minimum Gasteiger partial charge on any atom is -0.338 e. The molecule has 2 N–H and O–H groups in total. The lowest BCUT2D eigenvalue weighted by Crippen LogP contribution is -2.45. The van der Waals surface area contributed by atoms with E-state index < -0.39 is 12.2 Å². The Balaban J connectivity index is 1.42. The first kappa shape index (κ1) is 17.2. The van der Waals surface area contributed by atoms with Gasteiger partial charge in [0.05, 0.1) is 30.7 Å². The first-order chi connectivity index (χ1) is 13.6. The van der Waals surface area contributed by atoms with Gasteiger partial charge in [0.25, 0.3) is 0 Å². The Labute approximate surface area is 161 Å². The Hall–Kier alpha value is -2.87. The number of alkyl halides is 1. The normalized spacial score (nSPS) is 22.6. The molecule has 0 unspecified atom stereocenters. The minimum absolute atomic E-state index is 0.0319. The highest BCUT2D eigenvalue weighted by Gasteiger charge is 2.36. The third-order valence-electron chi connectivity index (χ3n) is 5.91. The molecular weight excluding hydrogens is 359 g/mol. The Kier molecular flexibility index (Phi) is 4.08. The van der Waals surface area contributed by atoms with Gasteiger partial charge in [-0.1, -0.05) is 12.1 Å². The van der Waals surface area contributed by atoms with Crippen molar-refractivity contribution < 1.29 is 9.18 Å². The lowest BCUT2D eigenvalue weighted by Gasteiger charge is -2.25. The highest BCUT2D eigenvalue weighted by Crippen LogP contribution is 2.37. The molecule has 1 aliphatic carbocycles. The lowest BCUT2D eigenvalue weighted by atomic mass is 9.92. The van der Waals surface area contributed by atoms with Gasteiger partial charge in [-0.3, -0.25) is 9.78 Å². The van der Waals surface area contributed by atoms with E-state index in [2.05, 4.69) is 21.1 Å². The fraction of sp³-hybridized carbons (Fsp3) is 0.400. The zero-order valence-electron chi connectivity index (χ0n) is 15.3. The van der Waals surface area contributed by atoms with Crippen LogP contribution in [0.4, 0.5) is 4.39 Å². The number of carbonyl (C=O) groups is 1. The molecule has 1 fully saturated rings. The fourth-order valence-corrected chi connectivity index (χ4v) is 4.43. The van der Waals surface area contributed by atoms with E-state index in [1.807, 2.05) is 12.1 Å². The van der Waals surface area contributed by atoms with Crippen LogP contribution in [0.15, 0.2) is 36.9 Å². The molecule has 5 rings (SSSR count). The molecule has 0 bridgehead atoms. The Bertz CT molecular complexity index is 1050. The number of rotatable bonds is 3. The zero-order chi connectivity index (χ0) is 19.3. The molecule has 28 heavy (non-hydrogen) atoms. The van der Waals surface area contributed by atoms with Gasteiger partial charge in [0.2, 0.25) is 5.91 Å². The second kappa shape index (κ2) is 6.63. The molecule has 2 aromatic heterocycles. The summed E-state index contributed by atoms with van der Waals surface area (Å²) >= 11 is 0. The maximum absolute atomic E-state index is 13.5. The molecule has 0 saturated carbocycles. The SMILES string of the molecule is N[C@H](C(=O)N1CC[C@H](F)C1)[C@H]1CCc2cc(-c3cncc4ncnn34)ccc21. The number of fused-ring (bicyclic) bond motifs is 2. The number of halogens is 1. The average Bonchev–Trinajstić information content (AvgIpc) is 3.44. The monoisotopic (exact) mass is 380 g/mol. The number of nitrogens with two attached hydrogens (primary N) is 1. The number of aromatic nitrogens is 4. The summed E-state index contributed by atoms with van der Waals surface area (Å²) in [7, 11) is 0. The lowest BCUT2D eigenvalue weighted by molar-refractivity contribution is -0.132. The summed E-state index contributed by atoms with van der Waals surface area (Å²) in [6.07, 6.45) is 6.12. The van der Waals surface area contributed by atoms with E-state index in [9.17, 15) is 9.18 Å². The van der Waals surface area contributed by atoms with E-state index in [1.165, 1.54) is 11.9 Å². The van der Waals surface area contributed by atoms with Gasteiger partial charge < -0.3 is 10.6 Å². The van der Waals surface area contributed by atoms with Gasteiger partial charge in [-0.15, -0.1) is 0 Å². The number of benzene rings is 1. The van der Waals surface area contributed by atoms with Crippen molar-refractivity contribution in [1.29, 1.82) is 0 Å². The molecule has 144 valence electrons. The highest BCUT2D eigenvalue weighted by molar-refractivity contribution is 5.83. The third-order valence-corrected chi connectivity index (χ3v) is 5.91. The smallest absolute Gasteiger partial charge is 0.240 e. The second-order valence-electron chi connectivity index (χ2n) is 7.58. The van der Waals surface area contributed by atoms with Gasteiger partial charge in [-0.05, 0) is 36.5 Å². The molecule has 0 radical (unpaired) electrons. The number of aryl methyl sites for hydroxylation is 1. The Morgan fingerprint density at radius 2 is 2.18 bits per heavy atom. The van der Waals surface area contributed by atoms with Crippen LogP contribution in [0.5, 0.6) is 0 Å². The van der Waals surface area contributed by atoms with Crippen LogP contribution < -0.4 is 5.73 Å². The van der Waals surface area contributed by atoms with Crippen LogP contribution in [0, 0.1) is 0 Å². The third kappa shape index (κ3) is 2.75. The number of likely N-dealkylation sites (tertiary alicyclic amines) is 1. The Morgan fingerprint density at radius 3 is 3.00 bits per heavy atom. The predicted octanol–water partition coefficient (Wildman–Crippen LogP) is 1.72. The van der Waals surface area contributed by atoms with Crippen molar-refractivity contribution >= 4 is 11.6 Å². The predicted molar refractivity (Wildman–Crippen MR) is 101 cm³/mol. The van der Waals surface area contributed by atoms with Gasteiger partial charge in [0.15, 0.2) is 5.65 Å². The van der Waals surface area contributed by atoms with Crippen molar-refractivity contribution in [3.05, 3.63) is 48.0 Å². The molecule has 1 amide bonds. The molecular formula is C20H21FN6O.